The van der Waals surface area contributed by atoms with E-state index in [0.29, 0.717) is 31.6 Å². The quantitative estimate of drug-likeness (QED) is 0.0751. The van der Waals surface area contributed by atoms with E-state index in [1.165, 1.54) is 0 Å². The van der Waals surface area contributed by atoms with Gasteiger partial charge in [0.15, 0.2) is 0 Å². The van der Waals surface area contributed by atoms with Gasteiger partial charge in [-0.15, -0.1) is 0 Å². The predicted octanol–water partition coefficient (Wildman–Crippen LogP) is 16.4. The first-order valence-electron chi connectivity index (χ1n) is 26.2. The molecule has 6 aromatic carbocycles. The number of hydrogen-bond donors (Lipinski definition) is 0. The van der Waals surface area contributed by atoms with Crippen LogP contribution in [0.4, 0.5) is 0 Å². The van der Waals surface area contributed by atoms with Crippen LogP contribution in [0.5, 0.6) is 11.5 Å². The summed E-state index contributed by atoms with van der Waals surface area (Å²) in [7, 11) is 3.74. The molecule has 0 bridgehead atoms. The lowest BCUT2D eigenvalue weighted by Gasteiger charge is -2.38. The molecule has 0 radical (unpaired) electrons. The van der Waals surface area contributed by atoms with Crippen LogP contribution < -0.4 is 9.47 Å². The monoisotopic (exact) mass is 1100 g/mol. The van der Waals surface area contributed by atoms with Gasteiger partial charge in [-0.2, -0.15) is 0 Å². The number of esters is 2. The maximum absolute atomic E-state index is 14.4. The summed E-state index contributed by atoms with van der Waals surface area (Å²) in [5.41, 5.74) is 10.3. The van der Waals surface area contributed by atoms with E-state index < -0.39 is 22.8 Å². The third kappa shape index (κ3) is 12.2. The Labute approximate surface area is 469 Å². The number of benzene rings is 6. The summed E-state index contributed by atoms with van der Waals surface area (Å²) >= 11 is 25.4. The molecule has 0 aliphatic heterocycles. The molecule has 76 heavy (non-hydrogen) atoms. The van der Waals surface area contributed by atoms with Crippen LogP contribution in [-0.2, 0) is 30.0 Å². The van der Waals surface area contributed by atoms with Gasteiger partial charge in [0.1, 0.15) is 11.5 Å². The number of aryl methyl sites for hydroxylation is 4. The lowest BCUT2D eigenvalue weighted by atomic mass is 9.75. The lowest BCUT2D eigenvalue weighted by Crippen LogP contribution is -2.37. The molecule has 8 nitrogen and oxygen atoms in total. The van der Waals surface area contributed by atoms with Crippen molar-refractivity contribution in [2.75, 3.05) is 14.1 Å². The van der Waals surface area contributed by atoms with Crippen molar-refractivity contribution in [2.45, 2.75) is 142 Å². The molecule has 0 N–H and O–H groups in total. The molecule has 0 spiro atoms. The van der Waals surface area contributed by atoms with Crippen molar-refractivity contribution in [2.24, 2.45) is 0 Å². The summed E-state index contributed by atoms with van der Waals surface area (Å²) in [5.74, 6) is -0.304. The van der Waals surface area contributed by atoms with Gasteiger partial charge in [0, 0.05) is 60.7 Å². The highest BCUT2D eigenvalue weighted by Gasteiger charge is 2.39. The highest BCUT2D eigenvalue weighted by molar-refractivity contribution is 6.42. The van der Waals surface area contributed by atoms with Crippen LogP contribution in [0.15, 0.2) is 109 Å². The summed E-state index contributed by atoms with van der Waals surface area (Å²) < 4.78 is 12.2. The number of halogens is 4. The van der Waals surface area contributed by atoms with E-state index in [1.54, 1.807) is 0 Å². The lowest BCUT2D eigenvalue weighted by molar-refractivity contribution is -0.140. The van der Waals surface area contributed by atoms with Gasteiger partial charge in [-0.25, -0.2) is 0 Å². The number of hydrogen-bond acceptors (Lipinski definition) is 6. The molecule has 4 atom stereocenters. The minimum absolute atomic E-state index is 0.0339. The van der Waals surface area contributed by atoms with E-state index >= 15 is 0 Å². The van der Waals surface area contributed by atoms with Crippen LogP contribution in [0.2, 0.25) is 20.1 Å². The Morgan fingerprint density at radius 2 is 0.842 bits per heavy atom. The Morgan fingerprint density at radius 1 is 0.487 bits per heavy atom. The fourth-order valence-corrected chi connectivity index (χ4v) is 12.9. The number of carbonyl (C=O) groups excluding carboxylic acids is 4. The molecule has 2 aliphatic rings. The topological polar surface area (TPSA) is 93.2 Å². The van der Waals surface area contributed by atoms with Crippen molar-refractivity contribution in [3.05, 3.63) is 196 Å². The van der Waals surface area contributed by atoms with E-state index in [4.69, 9.17) is 55.9 Å². The van der Waals surface area contributed by atoms with Gasteiger partial charge in [-0.3, -0.25) is 19.2 Å². The van der Waals surface area contributed by atoms with E-state index in [9.17, 15) is 19.2 Å². The molecule has 398 valence electrons. The van der Waals surface area contributed by atoms with E-state index in [1.807, 2.05) is 164 Å². The average Bonchev–Trinajstić information content (AvgIpc) is 3.35. The molecule has 0 saturated heterocycles. The summed E-state index contributed by atoms with van der Waals surface area (Å²) in [5, 5.41) is 2.07. The molecule has 0 unspecified atom stereocenters. The first-order chi connectivity index (χ1) is 35.9. The Kier molecular flexibility index (Phi) is 17.2. The summed E-state index contributed by atoms with van der Waals surface area (Å²) in [6.45, 7) is 15.8. The molecular formula is C64H68Cl4N2O6. The number of rotatable bonds is 15. The first-order valence-corrected chi connectivity index (χ1v) is 27.7. The molecule has 0 heterocycles. The number of nitrogens with zero attached hydrogens (tertiary/aromatic N) is 2. The third-order valence-electron chi connectivity index (χ3n) is 15.7. The Bertz CT molecular complexity index is 3010. The minimum atomic E-state index is -0.742. The van der Waals surface area contributed by atoms with Crippen LogP contribution >= 0.6 is 46.4 Å². The maximum atomic E-state index is 14.4. The summed E-state index contributed by atoms with van der Waals surface area (Å²) in [4.78, 5) is 60.1. The van der Waals surface area contributed by atoms with Crippen molar-refractivity contribution in [3.63, 3.8) is 0 Å². The number of ether oxygens (including phenoxy) is 2. The molecule has 0 aromatic heterocycles. The predicted molar refractivity (Wildman–Crippen MR) is 307 cm³/mol. The Hall–Kier alpha value is -5.64. The molecule has 0 fully saturated rings. The zero-order chi connectivity index (χ0) is 55.0. The molecular weight excluding hydrogens is 1030 g/mol. The Morgan fingerprint density at radius 3 is 1.20 bits per heavy atom. The van der Waals surface area contributed by atoms with Crippen LogP contribution in [0, 0.1) is 27.7 Å². The van der Waals surface area contributed by atoms with E-state index in [0.717, 1.165) is 92.4 Å². The van der Waals surface area contributed by atoms with E-state index in [-0.39, 0.29) is 61.4 Å². The number of fused-ring (bicyclic) bond motifs is 2. The molecule has 0 saturated carbocycles. The molecule has 2 aliphatic carbocycles. The zero-order valence-corrected chi connectivity index (χ0v) is 48.2. The van der Waals surface area contributed by atoms with Gasteiger partial charge in [-0.05, 0) is 145 Å². The summed E-state index contributed by atoms with van der Waals surface area (Å²) in [6.07, 6.45) is 3.03. The minimum Gasteiger partial charge on any atom is -0.426 e. The fourth-order valence-electron chi connectivity index (χ4n) is 12.3. The van der Waals surface area contributed by atoms with Crippen LogP contribution in [-0.4, -0.2) is 47.6 Å². The van der Waals surface area contributed by atoms with Gasteiger partial charge in [-0.1, -0.05) is 147 Å². The molecule has 6 aromatic rings. The molecule has 2 amide bonds. The van der Waals surface area contributed by atoms with Crippen molar-refractivity contribution >= 4 is 70.2 Å². The third-order valence-corrected chi connectivity index (χ3v) is 17.2. The fraction of sp³-hybridized carbons (Fsp3) is 0.375. The normalized spacial score (nSPS) is 17.3. The van der Waals surface area contributed by atoms with Crippen molar-refractivity contribution in [3.8, 4) is 11.5 Å². The van der Waals surface area contributed by atoms with Gasteiger partial charge in [0.05, 0.1) is 45.0 Å². The summed E-state index contributed by atoms with van der Waals surface area (Å²) in [6, 6.07) is 35.6. The van der Waals surface area contributed by atoms with Gasteiger partial charge in [0.2, 0.25) is 11.8 Å². The second-order valence-electron chi connectivity index (χ2n) is 22.4. The first kappa shape index (κ1) is 56.6. The van der Waals surface area contributed by atoms with Crippen LogP contribution in [0.25, 0.3) is 0 Å². The van der Waals surface area contributed by atoms with Crippen molar-refractivity contribution in [1.29, 1.82) is 0 Å². The van der Waals surface area contributed by atoms with Crippen LogP contribution in [0.3, 0.4) is 0 Å². The van der Waals surface area contributed by atoms with E-state index in [2.05, 4.69) is 24.3 Å². The highest BCUT2D eigenvalue weighted by atomic mass is 35.5. The van der Waals surface area contributed by atoms with Gasteiger partial charge >= 0.3 is 11.9 Å². The van der Waals surface area contributed by atoms with Crippen LogP contribution in [0.1, 0.15) is 170 Å². The van der Waals surface area contributed by atoms with Crippen molar-refractivity contribution in [1.82, 2.24) is 9.80 Å². The van der Waals surface area contributed by atoms with Crippen molar-refractivity contribution < 1.29 is 28.7 Å². The number of carbonyl (C=O) groups is 4. The zero-order valence-electron chi connectivity index (χ0n) is 45.2. The Balaban J connectivity index is 0.918. The largest absolute Gasteiger partial charge is 0.426 e. The second kappa shape index (κ2) is 23.1. The van der Waals surface area contributed by atoms with Gasteiger partial charge in [0.25, 0.3) is 0 Å². The van der Waals surface area contributed by atoms with Gasteiger partial charge < -0.3 is 19.3 Å². The highest BCUT2D eigenvalue weighted by Crippen LogP contribution is 2.48. The second-order valence-corrected chi connectivity index (χ2v) is 24.0. The standard InChI is InChI=1S/C64H68Cl4N2O6/c1-37-29-39(3)61(63(5,6)35-57(71)69(9)53-25-21-43(45-15-11-13-17-47(45)53)41-19-23-49(65)51(67)33-41)55(31-37)75-59(73)27-28-60(74)76-56-32-38(2)30-40(4)62(56)64(7,8)36-58(72)70(10)54-26-22-44(46-16-12-14-18-48(46)54)42-20-24-50(66)52(68)34-42/h11-20,23-24,29-34,43-44,53-54H,21-22,25-28,35-36H2,1-10H3/t43-,44-,53-,54-/m0/s1. The maximum Gasteiger partial charge on any atom is 0.311 e. The number of amides is 2. The smallest absolute Gasteiger partial charge is 0.311 e. The molecule has 8 rings (SSSR count). The average molecular weight is 1100 g/mol. The SMILES string of the molecule is Cc1cc(C)c(C(C)(C)CC(=O)N(C)[C@H]2CC[C@@H](c3ccc(Cl)c(Cl)c3)c3ccccc32)c(OC(=O)CCC(=O)Oc2cc(C)cc(C)c2C(C)(C)CC(=O)N(C)[C@H]2CC[C@@H](c3ccc(Cl)c(Cl)c3)c3ccccc32)c1. The molecule has 12 heteroatoms.